The zero-order valence-electron chi connectivity index (χ0n) is 17.2. The van der Waals surface area contributed by atoms with Crippen molar-refractivity contribution in [3.05, 3.63) is 59.5 Å². The number of aryl methyl sites for hydroxylation is 1. The summed E-state index contributed by atoms with van der Waals surface area (Å²) in [5, 5.41) is 15.0. The van der Waals surface area contributed by atoms with Crippen LogP contribution >= 0.6 is 11.3 Å². The lowest BCUT2D eigenvalue weighted by Gasteiger charge is -2.38. The van der Waals surface area contributed by atoms with Gasteiger partial charge in [0, 0.05) is 42.8 Å². The van der Waals surface area contributed by atoms with Crippen molar-refractivity contribution in [2.24, 2.45) is 0 Å². The number of thiazole rings is 1. The number of carbonyl (C=O) groups is 1. The summed E-state index contributed by atoms with van der Waals surface area (Å²) < 4.78 is 0. The molecular weight excluding hydrogens is 396 g/mol. The van der Waals surface area contributed by atoms with E-state index in [4.69, 9.17) is 0 Å². The number of aromatic hydroxyl groups is 1. The van der Waals surface area contributed by atoms with Crippen LogP contribution < -0.4 is 10.2 Å². The highest BCUT2D eigenvalue weighted by Crippen LogP contribution is 2.26. The topological polar surface area (TPSA) is 68.7 Å². The molecule has 0 saturated carbocycles. The van der Waals surface area contributed by atoms with E-state index in [0.717, 1.165) is 43.1 Å². The van der Waals surface area contributed by atoms with Crippen LogP contribution in [0.3, 0.4) is 0 Å². The monoisotopic (exact) mass is 422 g/mol. The minimum atomic E-state index is -0.223. The van der Waals surface area contributed by atoms with Crippen molar-refractivity contribution in [3.8, 4) is 17.0 Å². The van der Waals surface area contributed by atoms with E-state index < -0.39 is 0 Å². The number of amides is 1. The van der Waals surface area contributed by atoms with Crippen LogP contribution in [-0.2, 0) is 4.79 Å². The van der Waals surface area contributed by atoms with E-state index >= 15 is 0 Å². The Kier molecular flexibility index (Phi) is 6.01. The number of rotatable bonds is 5. The molecule has 156 valence electrons. The van der Waals surface area contributed by atoms with E-state index in [9.17, 15) is 9.90 Å². The Bertz CT molecular complexity index is 993. The third kappa shape index (κ3) is 4.63. The average Bonchev–Trinajstić information content (AvgIpc) is 3.23. The zero-order chi connectivity index (χ0) is 21.1. The fourth-order valence-corrected chi connectivity index (χ4v) is 4.32. The second-order valence-corrected chi connectivity index (χ2v) is 8.47. The molecule has 1 saturated heterocycles. The van der Waals surface area contributed by atoms with Gasteiger partial charge in [0.05, 0.1) is 11.7 Å². The Morgan fingerprint density at radius 1 is 1.07 bits per heavy atom. The maximum Gasteiger partial charge on any atom is 0.243 e. The Hall–Kier alpha value is -2.90. The molecule has 4 rings (SSSR count). The molecule has 1 atom stereocenters. The molecule has 1 fully saturated rings. The zero-order valence-corrected chi connectivity index (χ0v) is 18.0. The number of hydrogen-bond donors (Lipinski definition) is 2. The van der Waals surface area contributed by atoms with Crippen molar-refractivity contribution in [1.82, 2.24) is 9.88 Å². The summed E-state index contributed by atoms with van der Waals surface area (Å²) in [5.74, 6) is 0.244. The Labute approximate surface area is 180 Å². The number of phenols is 1. The van der Waals surface area contributed by atoms with Gasteiger partial charge in [0.1, 0.15) is 5.75 Å². The molecule has 7 heteroatoms. The third-order valence-corrected chi connectivity index (χ3v) is 6.30. The number of carbonyl (C=O) groups excluding carboxylic acids is 1. The molecule has 0 spiro atoms. The fourth-order valence-electron chi connectivity index (χ4n) is 3.59. The van der Waals surface area contributed by atoms with E-state index in [2.05, 4.69) is 39.2 Å². The lowest BCUT2D eigenvalue weighted by atomic mass is 10.1. The van der Waals surface area contributed by atoms with E-state index in [-0.39, 0.29) is 17.7 Å². The van der Waals surface area contributed by atoms with Crippen LogP contribution in [-0.4, -0.2) is 53.1 Å². The molecule has 2 heterocycles. The summed E-state index contributed by atoms with van der Waals surface area (Å²) in [6, 6.07) is 15.3. The third-order valence-electron chi connectivity index (χ3n) is 5.54. The van der Waals surface area contributed by atoms with Crippen molar-refractivity contribution in [2.75, 3.05) is 36.4 Å². The van der Waals surface area contributed by atoms with Gasteiger partial charge in [0.15, 0.2) is 5.13 Å². The van der Waals surface area contributed by atoms with Crippen molar-refractivity contribution >= 4 is 28.1 Å². The van der Waals surface area contributed by atoms with Crippen molar-refractivity contribution in [2.45, 2.75) is 19.9 Å². The second kappa shape index (κ2) is 8.85. The summed E-state index contributed by atoms with van der Waals surface area (Å²) in [7, 11) is 0. The van der Waals surface area contributed by atoms with Crippen molar-refractivity contribution < 1.29 is 9.90 Å². The molecule has 0 radical (unpaired) electrons. The first kappa shape index (κ1) is 20.4. The van der Waals surface area contributed by atoms with E-state index in [0.29, 0.717) is 5.13 Å². The standard InChI is InChI=1S/C23H26N4O2S/c1-16-3-5-18(6-4-16)21-15-30-23(24-21)25-22(29)17(2)26-11-13-27(14-12-26)19-7-9-20(28)10-8-19/h3-10,15,17,28H,11-14H2,1-2H3,(H,24,25,29). The first-order valence-corrected chi connectivity index (χ1v) is 11.0. The van der Waals surface area contributed by atoms with Crippen molar-refractivity contribution in [3.63, 3.8) is 0 Å². The molecule has 1 amide bonds. The van der Waals surface area contributed by atoms with Crippen molar-refractivity contribution in [1.29, 1.82) is 0 Å². The molecule has 1 aliphatic rings. The van der Waals surface area contributed by atoms with Gasteiger partial charge < -0.3 is 15.3 Å². The molecule has 6 nitrogen and oxygen atoms in total. The summed E-state index contributed by atoms with van der Waals surface area (Å²) in [6.07, 6.45) is 0. The number of anilines is 2. The normalized spacial score (nSPS) is 15.7. The van der Waals surface area contributed by atoms with Crippen LogP contribution in [0.4, 0.5) is 10.8 Å². The molecular formula is C23H26N4O2S. The number of piperazine rings is 1. The van der Waals surface area contributed by atoms with Crippen LogP contribution in [0.15, 0.2) is 53.9 Å². The Morgan fingerprint density at radius 3 is 2.40 bits per heavy atom. The number of hydrogen-bond acceptors (Lipinski definition) is 6. The summed E-state index contributed by atoms with van der Waals surface area (Å²) in [4.78, 5) is 21.8. The predicted molar refractivity (Wildman–Crippen MR) is 122 cm³/mol. The van der Waals surface area contributed by atoms with E-state index in [1.54, 1.807) is 12.1 Å². The number of nitrogens with one attached hydrogen (secondary N) is 1. The maximum absolute atomic E-state index is 12.8. The fraction of sp³-hybridized carbons (Fsp3) is 0.304. The molecule has 0 aliphatic carbocycles. The summed E-state index contributed by atoms with van der Waals surface area (Å²) in [6.45, 7) is 7.31. The number of benzene rings is 2. The minimum absolute atomic E-state index is 0.0297. The molecule has 0 bridgehead atoms. The molecule has 2 aromatic carbocycles. The van der Waals surface area contributed by atoms with Gasteiger partial charge in [-0.1, -0.05) is 29.8 Å². The van der Waals surface area contributed by atoms with Gasteiger partial charge in [-0.05, 0) is 38.1 Å². The number of aromatic nitrogens is 1. The highest BCUT2D eigenvalue weighted by Gasteiger charge is 2.26. The van der Waals surface area contributed by atoms with E-state index in [1.165, 1.54) is 16.9 Å². The van der Waals surface area contributed by atoms with Crippen LogP contribution in [0, 0.1) is 6.92 Å². The van der Waals surface area contributed by atoms with Crippen LogP contribution in [0.5, 0.6) is 5.75 Å². The van der Waals surface area contributed by atoms with E-state index in [1.807, 2.05) is 36.6 Å². The van der Waals surface area contributed by atoms with Gasteiger partial charge in [-0.25, -0.2) is 4.98 Å². The molecule has 1 aromatic heterocycles. The highest BCUT2D eigenvalue weighted by atomic mass is 32.1. The summed E-state index contributed by atoms with van der Waals surface area (Å²) in [5.41, 5.74) is 4.24. The lowest BCUT2D eigenvalue weighted by Crippen LogP contribution is -2.52. The second-order valence-electron chi connectivity index (χ2n) is 7.61. The van der Waals surface area contributed by atoms with Crippen LogP contribution in [0.1, 0.15) is 12.5 Å². The lowest BCUT2D eigenvalue weighted by molar-refractivity contribution is -0.120. The smallest absolute Gasteiger partial charge is 0.243 e. The van der Waals surface area contributed by atoms with Gasteiger partial charge >= 0.3 is 0 Å². The average molecular weight is 423 g/mol. The molecule has 1 aliphatic heterocycles. The first-order chi connectivity index (χ1) is 14.5. The van der Waals surface area contributed by atoms with Crippen LogP contribution in [0.25, 0.3) is 11.3 Å². The largest absolute Gasteiger partial charge is 0.508 e. The number of nitrogens with zero attached hydrogens (tertiary/aromatic N) is 3. The van der Waals surface area contributed by atoms with Gasteiger partial charge in [-0.3, -0.25) is 9.69 Å². The minimum Gasteiger partial charge on any atom is -0.508 e. The molecule has 1 unspecified atom stereocenters. The predicted octanol–water partition coefficient (Wildman–Crippen LogP) is 3.97. The first-order valence-electron chi connectivity index (χ1n) is 10.1. The Morgan fingerprint density at radius 2 is 1.73 bits per heavy atom. The molecule has 30 heavy (non-hydrogen) atoms. The quantitative estimate of drug-likeness (QED) is 0.651. The van der Waals surface area contributed by atoms with Crippen LogP contribution in [0.2, 0.25) is 0 Å². The SMILES string of the molecule is Cc1ccc(-c2csc(NC(=O)C(C)N3CCN(c4ccc(O)cc4)CC3)n2)cc1. The molecule has 2 N–H and O–H groups in total. The Balaban J connectivity index is 1.32. The highest BCUT2D eigenvalue weighted by molar-refractivity contribution is 7.14. The van der Waals surface area contributed by atoms with Gasteiger partial charge in [0.25, 0.3) is 0 Å². The maximum atomic E-state index is 12.8. The number of phenolic OH excluding ortho intramolecular Hbond substituents is 1. The molecule has 3 aromatic rings. The summed E-state index contributed by atoms with van der Waals surface area (Å²) >= 11 is 1.45. The van der Waals surface area contributed by atoms with Gasteiger partial charge in [-0.2, -0.15) is 0 Å². The van der Waals surface area contributed by atoms with Gasteiger partial charge in [0.2, 0.25) is 5.91 Å². The van der Waals surface area contributed by atoms with Gasteiger partial charge in [-0.15, -0.1) is 11.3 Å².